The quantitative estimate of drug-likeness (QED) is 0.749. The minimum atomic E-state index is 0.384. The van der Waals surface area contributed by atoms with Crippen LogP contribution in [-0.2, 0) is 5.88 Å². The molecule has 4 heteroatoms. The minimum absolute atomic E-state index is 0.384. The lowest BCUT2D eigenvalue weighted by atomic mass is 10.1. The first kappa shape index (κ1) is 10.4. The Labute approximate surface area is 97.9 Å². The van der Waals surface area contributed by atoms with Crippen LogP contribution in [0.2, 0.25) is 5.02 Å². The predicted octanol–water partition coefficient (Wildman–Crippen LogP) is 3.54. The van der Waals surface area contributed by atoms with E-state index in [0.29, 0.717) is 10.9 Å². The molecule has 2 heterocycles. The second-order valence-electron chi connectivity index (χ2n) is 3.01. The van der Waals surface area contributed by atoms with Crippen molar-refractivity contribution in [1.82, 2.24) is 9.97 Å². The van der Waals surface area contributed by atoms with Gasteiger partial charge in [0.2, 0.25) is 0 Å². The molecule has 0 bridgehead atoms. The third kappa shape index (κ3) is 2.11. The number of alkyl halides is 1. The first-order valence-electron chi connectivity index (χ1n) is 4.42. The summed E-state index contributed by atoms with van der Waals surface area (Å²) in [4.78, 5) is 8.25. The van der Waals surface area contributed by atoms with Gasteiger partial charge in [0.1, 0.15) is 0 Å². The first-order chi connectivity index (χ1) is 7.33. The van der Waals surface area contributed by atoms with Gasteiger partial charge in [-0.3, -0.25) is 9.97 Å². The molecule has 0 spiro atoms. The van der Waals surface area contributed by atoms with Gasteiger partial charge in [0.15, 0.2) is 0 Å². The maximum Gasteiger partial charge on any atom is 0.0906 e. The molecule has 2 nitrogen and oxygen atoms in total. The topological polar surface area (TPSA) is 25.8 Å². The van der Waals surface area contributed by atoms with E-state index in [9.17, 15) is 0 Å². The van der Waals surface area contributed by atoms with Crippen LogP contribution in [0, 0.1) is 0 Å². The SMILES string of the molecule is ClCc1ccnc(-c2cccnc2)c1Cl. The van der Waals surface area contributed by atoms with Crippen LogP contribution >= 0.6 is 23.2 Å². The molecular weight excluding hydrogens is 231 g/mol. The molecule has 2 aromatic rings. The Hall–Kier alpha value is -1.12. The zero-order valence-electron chi connectivity index (χ0n) is 7.82. The highest BCUT2D eigenvalue weighted by atomic mass is 35.5. The Morgan fingerprint density at radius 3 is 2.73 bits per heavy atom. The van der Waals surface area contributed by atoms with Gasteiger partial charge in [0.05, 0.1) is 10.7 Å². The molecule has 15 heavy (non-hydrogen) atoms. The van der Waals surface area contributed by atoms with Crippen LogP contribution in [0.1, 0.15) is 5.56 Å². The largest absolute Gasteiger partial charge is 0.264 e. The van der Waals surface area contributed by atoms with E-state index in [1.165, 1.54) is 0 Å². The molecule has 0 amide bonds. The molecule has 0 N–H and O–H groups in total. The van der Waals surface area contributed by atoms with E-state index >= 15 is 0 Å². The van der Waals surface area contributed by atoms with E-state index in [4.69, 9.17) is 23.2 Å². The summed E-state index contributed by atoms with van der Waals surface area (Å²) >= 11 is 11.9. The van der Waals surface area contributed by atoms with Crippen molar-refractivity contribution in [2.75, 3.05) is 0 Å². The van der Waals surface area contributed by atoms with E-state index in [0.717, 1.165) is 16.8 Å². The van der Waals surface area contributed by atoms with Crippen molar-refractivity contribution in [2.45, 2.75) is 5.88 Å². The van der Waals surface area contributed by atoms with Crippen molar-refractivity contribution in [3.63, 3.8) is 0 Å². The van der Waals surface area contributed by atoms with Crippen LogP contribution in [-0.4, -0.2) is 9.97 Å². The fourth-order valence-electron chi connectivity index (χ4n) is 1.29. The Kier molecular flexibility index (Phi) is 3.19. The maximum atomic E-state index is 6.17. The van der Waals surface area contributed by atoms with Gasteiger partial charge in [-0.05, 0) is 23.8 Å². The van der Waals surface area contributed by atoms with Gasteiger partial charge in [0, 0.05) is 30.0 Å². The van der Waals surface area contributed by atoms with E-state index in [2.05, 4.69) is 9.97 Å². The van der Waals surface area contributed by atoms with Crippen LogP contribution < -0.4 is 0 Å². The standard InChI is InChI=1S/C11H8Cl2N2/c12-6-8-3-5-15-11(10(8)13)9-2-1-4-14-7-9/h1-5,7H,6H2. The van der Waals surface area contributed by atoms with Crippen LogP contribution in [0.3, 0.4) is 0 Å². The number of rotatable bonds is 2. The normalized spacial score (nSPS) is 10.3. The Bertz CT molecular complexity index is 457. The van der Waals surface area contributed by atoms with Crippen LogP contribution in [0.5, 0.6) is 0 Å². The van der Waals surface area contributed by atoms with E-state index < -0.39 is 0 Å². The second-order valence-corrected chi connectivity index (χ2v) is 3.65. The summed E-state index contributed by atoms with van der Waals surface area (Å²) in [5.41, 5.74) is 2.50. The summed E-state index contributed by atoms with van der Waals surface area (Å²) in [5.74, 6) is 0.384. The number of hydrogen-bond donors (Lipinski definition) is 0. The second kappa shape index (κ2) is 4.60. The van der Waals surface area contributed by atoms with Gasteiger partial charge in [-0.25, -0.2) is 0 Å². The summed E-state index contributed by atoms with van der Waals surface area (Å²) in [6.45, 7) is 0. The Balaban J connectivity index is 2.54. The maximum absolute atomic E-state index is 6.17. The molecule has 0 fully saturated rings. The molecule has 0 saturated heterocycles. The van der Waals surface area contributed by atoms with Crippen molar-refractivity contribution in [1.29, 1.82) is 0 Å². The third-order valence-electron chi connectivity index (χ3n) is 2.05. The zero-order valence-corrected chi connectivity index (χ0v) is 9.33. The number of hydrogen-bond acceptors (Lipinski definition) is 2. The van der Waals surface area contributed by atoms with Crippen LogP contribution in [0.25, 0.3) is 11.3 Å². The molecule has 0 atom stereocenters. The van der Waals surface area contributed by atoms with Gasteiger partial charge in [-0.2, -0.15) is 0 Å². The summed E-state index contributed by atoms with van der Waals surface area (Å²) in [7, 11) is 0. The first-order valence-corrected chi connectivity index (χ1v) is 5.34. The van der Waals surface area contributed by atoms with Crippen molar-refractivity contribution in [3.05, 3.63) is 47.4 Å². The fraction of sp³-hybridized carbons (Fsp3) is 0.0909. The van der Waals surface area contributed by atoms with E-state index in [1.807, 2.05) is 18.2 Å². The predicted molar refractivity (Wildman–Crippen MR) is 62.0 cm³/mol. The highest BCUT2D eigenvalue weighted by molar-refractivity contribution is 6.34. The zero-order chi connectivity index (χ0) is 10.7. The highest BCUT2D eigenvalue weighted by Gasteiger charge is 2.08. The molecule has 0 aromatic carbocycles. The Morgan fingerprint density at radius 1 is 1.20 bits per heavy atom. The molecule has 0 aliphatic heterocycles. The van der Waals surface area contributed by atoms with Gasteiger partial charge >= 0.3 is 0 Å². The molecule has 2 rings (SSSR count). The van der Waals surface area contributed by atoms with Gasteiger partial charge < -0.3 is 0 Å². The average molecular weight is 239 g/mol. The van der Waals surface area contributed by atoms with E-state index in [1.54, 1.807) is 18.6 Å². The lowest BCUT2D eigenvalue weighted by Gasteiger charge is -2.05. The minimum Gasteiger partial charge on any atom is -0.264 e. The van der Waals surface area contributed by atoms with Crippen LogP contribution in [0.4, 0.5) is 0 Å². The molecule has 2 aromatic heterocycles. The third-order valence-corrected chi connectivity index (χ3v) is 2.76. The summed E-state index contributed by atoms with van der Waals surface area (Å²) in [5, 5.41) is 0.598. The molecular formula is C11H8Cl2N2. The molecule has 0 aliphatic rings. The molecule has 76 valence electrons. The average Bonchev–Trinajstić information content (AvgIpc) is 2.30. The van der Waals surface area contributed by atoms with Crippen molar-refractivity contribution < 1.29 is 0 Å². The summed E-state index contributed by atoms with van der Waals surface area (Å²) < 4.78 is 0. The highest BCUT2D eigenvalue weighted by Crippen LogP contribution is 2.28. The number of pyridine rings is 2. The fourth-order valence-corrected chi connectivity index (χ4v) is 1.87. The molecule has 0 saturated carbocycles. The lowest BCUT2D eigenvalue weighted by molar-refractivity contribution is 1.25. The number of aromatic nitrogens is 2. The van der Waals surface area contributed by atoms with Crippen molar-refractivity contribution >= 4 is 23.2 Å². The van der Waals surface area contributed by atoms with Crippen molar-refractivity contribution in [2.24, 2.45) is 0 Å². The Morgan fingerprint density at radius 2 is 2.07 bits per heavy atom. The van der Waals surface area contributed by atoms with Gasteiger partial charge in [0.25, 0.3) is 0 Å². The smallest absolute Gasteiger partial charge is 0.0906 e. The summed E-state index contributed by atoms with van der Waals surface area (Å²) in [6.07, 6.45) is 5.14. The molecule has 0 radical (unpaired) electrons. The molecule has 0 unspecified atom stereocenters. The van der Waals surface area contributed by atoms with Crippen molar-refractivity contribution in [3.8, 4) is 11.3 Å². The monoisotopic (exact) mass is 238 g/mol. The van der Waals surface area contributed by atoms with Crippen LogP contribution in [0.15, 0.2) is 36.8 Å². The van der Waals surface area contributed by atoms with Gasteiger partial charge in [-0.1, -0.05) is 11.6 Å². The number of nitrogens with zero attached hydrogens (tertiary/aromatic N) is 2. The molecule has 0 aliphatic carbocycles. The number of halogens is 2. The van der Waals surface area contributed by atoms with E-state index in [-0.39, 0.29) is 0 Å². The lowest BCUT2D eigenvalue weighted by Crippen LogP contribution is -1.89. The summed E-state index contributed by atoms with van der Waals surface area (Å²) in [6, 6.07) is 5.58. The van der Waals surface area contributed by atoms with Gasteiger partial charge in [-0.15, -0.1) is 11.6 Å².